The Hall–Kier alpha value is -4.44. The van der Waals surface area contributed by atoms with Gasteiger partial charge < -0.3 is 10.3 Å². The number of H-pyrrole nitrogens is 2. The van der Waals surface area contributed by atoms with E-state index in [-0.39, 0.29) is 11.8 Å². The van der Waals surface area contributed by atoms with E-state index in [0.717, 1.165) is 41.8 Å². The van der Waals surface area contributed by atoms with Crippen molar-refractivity contribution in [3.63, 3.8) is 0 Å². The molecule has 3 N–H and O–H groups in total. The third kappa shape index (κ3) is 4.34. The predicted molar refractivity (Wildman–Crippen MR) is 155 cm³/mol. The van der Waals surface area contributed by atoms with E-state index in [4.69, 9.17) is 4.98 Å². The fourth-order valence-electron chi connectivity index (χ4n) is 5.52. The molecule has 40 heavy (non-hydrogen) atoms. The summed E-state index contributed by atoms with van der Waals surface area (Å²) < 4.78 is 16.2. The van der Waals surface area contributed by atoms with Gasteiger partial charge in [0.1, 0.15) is 22.7 Å². The number of aromatic amines is 2. The molecule has 5 heterocycles. The van der Waals surface area contributed by atoms with Crippen LogP contribution >= 0.6 is 11.3 Å². The van der Waals surface area contributed by atoms with Gasteiger partial charge in [-0.3, -0.25) is 19.9 Å². The lowest BCUT2D eigenvalue weighted by atomic mass is 9.88. The van der Waals surface area contributed by atoms with Crippen molar-refractivity contribution in [2.24, 2.45) is 5.92 Å². The highest BCUT2D eigenvalue weighted by Crippen LogP contribution is 2.36. The van der Waals surface area contributed by atoms with Gasteiger partial charge in [-0.05, 0) is 56.2 Å². The zero-order valence-corrected chi connectivity index (χ0v) is 22.6. The molecular weight excluding hydrogens is 525 g/mol. The van der Waals surface area contributed by atoms with Crippen molar-refractivity contribution in [3.05, 3.63) is 65.7 Å². The number of pyridine rings is 2. The summed E-state index contributed by atoms with van der Waals surface area (Å²) in [7, 11) is 0. The first kappa shape index (κ1) is 24.6. The highest BCUT2D eigenvalue weighted by Gasteiger charge is 2.23. The van der Waals surface area contributed by atoms with Crippen molar-refractivity contribution >= 4 is 44.9 Å². The summed E-state index contributed by atoms with van der Waals surface area (Å²) in [6.07, 6.45) is 10.1. The van der Waals surface area contributed by atoms with Crippen LogP contribution < -0.4 is 5.32 Å². The number of benzene rings is 1. The molecule has 1 saturated carbocycles. The van der Waals surface area contributed by atoms with E-state index in [1.54, 1.807) is 48.1 Å². The molecule has 1 aromatic carbocycles. The van der Waals surface area contributed by atoms with Gasteiger partial charge in [0.05, 0.1) is 33.2 Å². The molecular formula is C30H26FN7OS. The number of nitrogens with one attached hydrogen (secondary N) is 3. The number of aryl methyl sites for hydroxylation is 1. The molecule has 0 aliphatic heterocycles. The minimum Gasteiger partial charge on any atom is -0.336 e. The first-order valence-corrected chi connectivity index (χ1v) is 14.2. The molecule has 0 spiro atoms. The van der Waals surface area contributed by atoms with Gasteiger partial charge in [0.15, 0.2) is 5.82 Å². The zero-order chi connectivity index (χ0) is 27.2. The number of amides is 1. The Kier molecular flexibility index (Phi) is 6.11. The lowest BCUT2D eigenvalue weighted by molar-refractivity contribution is -0.120. The molecule has 1 aliphatic carbocycles. The van der Waals surface area contributed by atoms with Gasteiger partial charge in [-0.2, -0.15) is 5.10 Å². The zero-order valence-electron chi connectivity index (χ0n) is 21.8. The van der Waals surface area contributed by atoms with Gasteiger partial charge in [-0.25, -0.2) is 9.37 Å². The second kappa shape index (κ2) is 9.95. The minimum absolute atomic E-state index is 0.00292. The molecule has 200 valence electrons. The number of thiophene rings is 1. The maximum atomic E-state index is 16.2. The predicted octanol–water partition coefficient (Wildman–Crippen LogP) is 7.26. The molecule has 0 unspecified atom stereocenters. The Morgan fingerprint density at radius 2 is 1.93 bits per heavy atom. The normalized spacial score (nSPS) is 14.2. The number of nitrogens with zero attached hydrogens (tertiary/aromatic N) is 4. The van der Waals surface area contributed by atoms with E-state index in [1.807, 2.05) is 12.1 Å². The molecule has 1 aliphatic rings. The Labute approximate surface area is 233 Å². The van der Waals surface area contributed by atoms with E-state index in [9.17, 15) is 4.79 Å². The second-order valence-corrected chi connectivity index (χ2v) is 11.5. The number of fused-ring (bicyclic) bond motifs is 2. The van der Waals surface area contributed by atoms with E-state index >= 15 is 4.39 Å². The average Bonchev–Trinajstić information content (AvgIpc) is 3.72. The summed E-state index contributed by atoms with van der Waals surface area (Å²) in [5.74, 6) is 0.0310. The number of carbonyl (C=O) groups excluding carboxylic acids is 1. The summed E-state index contributed by atoms with van der Waals surface area (Å²) in [4.78, 5) is 31.9. The first-order valence-electron chi connectivity index (χ1n) is 13.4. The van der Waals surface area contributed by atoms with Crippen molar-refractivity contribution in [3.8, 4) is 33.2 Å². The van der Waals surface area contributed by atoms with Crippen molar-refractivity contribution in [2.75, 3.05) is 5.32 Å². The van der Waals surface area contributed by atoms with E-state index in [0.29, 0.717) is 44.8 Å². The van der Waals surface area contributed by atoms with Crippen LogP contribution in [0.2, 0.25) is 0 Å². The van der Waals surface area contributed by atoms with Crippen LogP contribution in [0.25, 0.3) is 55.2 Å². The van der Waals surface area contributed by atoms with Crippen LogP contribution in [0, 0.1) is 18.7 Å². The van der Waals surface area contributed by atoms with Crippen LogP contribution in [0.3, 0.4) is 0 Å². The number of anilines is 1. The molecule has 0 atom stereocenters. The average molecular weight is 552 g/mol. The molecule has 0 bridgehead atoms. The summed E-state index contributed by atoms with van der Waals surface area (Å²) in [5.41, 5.74) is 4.70. The second-order valence-electron chi connectivity index (χ2n) is 10.3. The Bertz CT molecular complexity index is 1880. The number of hydrogen-bond acceptors (Lipinski definition) is 6. The Morgan fingerprint density at radius 3 is 2.75 bits per heavy atom. The van der Waals surface area contributed by atoms with Crippen LogP contribution in [0.15, 0.2) is 55.0 Å². The molecule has 10 heteroatoms. The summed E-state index contributed by atoms with van der Waals surface area (Å²) in [6, 6.07) is 11.2. The van der Waals surface area contributed by atoms with Crippen LogP contribution in [0.1, 0.15) is 37.0 Å². The number of aromatic nitrogens is 6. The minimum atomic E-state index is -0.438. The quantitative estimate of drug-likeness (QED) is 0.209. The number of hydrogen-bond donors (Lipinski definition) is 3. The SMILES string of the molecule is Cc1ccc(-c2nccc3[nH]c(-c4n[nH]c5ccc(-c6cncc(NC(=O)C7CCCCC7)c6)c(F)c45)nc23)s1. The molecule has 8 nitrogen and oxygen atoms in total. The van der Waals surface area contributed by atoms with E-state index in [2.05, 4.69) is 43.5 Å². The first-order chi connectivity index (χ1) is 19.5. The summed E-state index contributed by atoms with van der Waals surface area (Å²) in [6.45, 7) is 2.05. The maximum Gasteiger partial charge on any atom is 0.227 e. The molecule has 5 aromatic heterocycles. The largest absolute Gasteiger partial charge is 0.336 e. The fourth-order valence-corrected chi connectivity index (χ4v) is 6.39. The number of carbonyl (C=O) groups is 1. The fraction of sp³-hybridized carbons (Fsp3) is 0.233. The highest BCUT2D eigenvalue weighted by atomic mass is 32.1. The molecule has 1 fully saturated rings. The molecule has 0 radical (unpaired) electrons. The summed E-state index contributed by atoms with van der Waals surface area (Å²) in [5, 5.41) is 10.7. The Balaban J connectivity index is 1.26. The van der Waals surface area contributed by atoms with Crippen LogP contribution in [-0.4, -0.2) is 36.0 Å². The molecule has 6 aromatic rings. The monoisotopic (exact) mass is 551 g/mol. The van der Waals surface area contributed by atoms with Gasteiger partial charge in [0, 0.05) is 34.3 Å². The van der Waals surface area contributed by atoms with Crippen LogP contribution in [-0.2, 0) is 4.79 Å². The standard InChI is InChI=1S/C30H26FN7OS/c1-16-7-10-23(40-16)27-26-22(11-12-33-27)35-29(36-26)28-24-21(37-38-28)9-8-20(25(24)31)18-13-19(15-32-14-18)34-30(39)17-5-3-2-4-6-17/h7-15,17H,2-6H2,1H3,(H,34,39)(H,35,36)(H,37,38). The van der Waals surface area contributed by atoms with Gasteiger partial charge in [-0.15, -0.1) is 11.3 Å². The van der Waals surface area contributed by atoms with Gasteiger partial charge in [0.2, 0.25) is 5.91 Å². The lowest BCUT2D eigenvalue weighted by Gasteiger charge is -2.20. The van der Waals surface area contributed by atoms with E-state index < -0.39 is 5.82 Å². The van der Waals surface area contributed by atoms with E-state index in [1.165, 1.54) is 11.3 Å². The van der Waals surface area contributed by atoms with Gasteiger partial charge in [0.25, 0.3) is 0 Å². The molecule has 1 amide bonds. The van der Waals surface area contributed by atoms with Gasteiger partial charge >= 0.3 is 0 Å². The number of imidazole rings is 1. The topological polar surface area (TPSA) is 112 Å². The van der Waals surface area contributed by atoms with Crippen molar-refractivity contribution in [1.82, 2.24) is 30.1 Å². The third-order valence-corrected chi connectivity index (χ3v) is 8.57. The third-order valence-electron chi connectivity index (χ3n) is 7.56. The molecule has 0 saturated heterocycles. The number of rotatable bonds is 5. The van der Waals surface area contributed by atoms with Crippen LogP contribution in [0.5, 0.6) is 0 Å². The lowest BCUT2D eigenvalue weighted by Crippen LogP contribution is -2.24. The smallest absolute Gasteiger partial charge is 0.227 e. The van der Waals surface area contributed by atoms with Crippen molar-refractivity contribution in [1.29, 1.82) is 0 Å². The maximum absolute atomic E-state index is 16.2. The highest BCUT2D eigenvalue weighted by molar-refractivity contribution is 7.15. The number of halogens is 1. The van der Waals surface area contributed by atoms with Crippen LogP contribution in [0.4, 0.5) is 10.1 Å². The van der Waals surface area contributed by atoms with Gasteiger partial charge in [-0.1, -0.05) is 19.3 Å². The molecule has 7 rings (SSSR count). The van der Waals surface area contributed by atoms with Crippen molar-refractivity contribution < 1.29 is 9.18 Å². The summed E-state index contributed by atoms with van der Waals surface area (Å²) >= 11 is 1.65. The Morgan fingerprint density at radius 1 is 1.05 bits per heavy atom. The van der Waals surface area contributed by atoms with Crippen molar-refractivity contribution in [2.45, 2.75) is 39.0 Å².